The SMILES string of the molecule is CCNC(=O)c1c(NC[C@H](N)Cc2ccccc2)nc(C(N)=O)n1Cc1cc(Cl)c2c(c1)CCO2. The minimum Gasteiger partial charge on any atom is -0.491 e. The summed E-state index contributed by atoms with van der Waals surface area (Å²) in [6.45, 7) is 3.32. The molecule has 184 valence electrons. The molecule has 0 aliphatic carbocycles. The lowest BCUT2D eigenvalue weighted by Crippen LogP contribution is -2.32. The van der Waals surface area contributed by atoms with Crippen LogP contribution in [0, 0.1) is 0 Å². The van der Waals surface area contributed by atoms with Crippen molar-refractivity contribution in [3.63, 3.8) is 0 Å². The van der Waals surface area contributed by atoms with Gasteiger partial charge in [0, 0.05) is 25.6 Å². The average Bonchev–Trinajstić information content (AvgIpc) is 3.44. The lowest BCUT2D eigenvalue weighted by molar-refractivity contribution is 0.0947. The van der Waals surface area contributed by atoms with Gasteiger partial charge in [-0.25, -0.2) is 4.98 Å². The summed E-state index contributed by atoms with van der Waals surface area (Å²) in [5.74, 6) is -0.216. The van der Waals surface area contributed by atoms with Crippen LogP contribution in [-0.4, -0.2) is 47.1 Å². The fourth-order valence-electron chi connectivity index (χ4n) is 4.21. The second-order valence-electron chi connectivity index (χ2n) is 8.44. The molecular formula is C25H29ClN6O3. The number of primary amides is 1. The van der Waals surface area contributed by atoms with Gasteiger partial charge in [0.25, 0.3) is 11.8 Å². The molecule has 4 rings (SSSR count). The minimum atomic E-state index is -0.743. The van der Waals surface area contributed by atoms with Crippen LogP contribution in [0.3, 0.4) is 0 Å². The van der Waals surface area contributed by atoms with Crippen LogP contribution in [0.1, 0.15) is 44.7 Å². The Labute approximate surface area is 208 Å². The van der Waals surface area contributed by atoms with E-state index < -0.39 is 5.91 Å². The molecule has 9 nitrogen and oxygen atoms in total. The summed E-state index contributed by atoms with van der Waals surface area (Å²) < 4.78 is 7.10. The summed E-state index contributed by atoms with van der Waals surface area (Å²) in [6.07, 6.45) is 1.38. The molecule has 0 fully saturated rings. The zero-order valence-electron chi connectivity index (χ0n) is 19.5. The molecule has 3 aromatic rings. The van der Waals surface area contributed by atoms with Crippen LogP contribution in [0.15, 0.2) is 42.5 Å². The van der Waals surface area contributed by atoms with Gasteiger partial charge in [-0.3, -0.25) is 9.59 Å². The first kappa shape index (κ1) is 24.6. The molecule has 1 aliphatic rings. The van der Waals surface area contributed by atoms with Gasteiger partial charge in [0.2, 0.25) is 5.82 Å². The highest BCUT2D eigenvalue weighted by atomic mass is 35.5. The third kappa shape index (κ3) is 5.58. The fourth-order valence-corrected chi connectivity index (χ4v) is 4.52. The van der Waals surface area contributed by atoms with Gasteiger partial charge in [0.1, 0.15) is 5.75 Å². The molecule has 0 bridgehead atoms. The van der Waals surface area contributed by atoms with Crippen molar-refractivity contribution in [2.75, 3.05) is 25.0 Å². The highest BCUT2D eigenvalue weighted by Gasteiger charge is 2.27. The number of carbonyl (C=O) groups excluding carboxylic acids is 2. The van der Waals surface area contributed by atoms with E-state index in [2.05, 4.69) is 15.6 Å². The van der Waals surface area contributed by atoms with Crippen molar-refractivity contribution in [2.45, 2.75) is 32.4 Å². The number of benzene rings is 2. The summed E-state index contributed by atoms with van der Waals surface area (Å²) in [7, 11) is 0. The molecule has 1 atom stereocenters. The monoisotopic (exact) mass is 496 g/mol. The maximum atomic E-state index is 13.1. The van der Waals surface area contributed by atoms with Gasteiger partial charge >= 0.3 is 0 Å². The molecule has 2 heterocycles. The Bertz CT molecular complexity index is 1230. The Morgan fingerprint density at radius 1 is 1.23 bits per heavy atom. The fraction of sp³-hybridized carbons (Fsp3) is 0.320. The van der Waals surface area contributed by atoms with Crippen LogP contribution in [-0.2, 0) is 19.4 Å². The lowest BCUT2D eigenvalue weighted by atomic mass is 10.1. The molecule has 0 unspecified atom stereocenters. The third-order valence-electron chi connectivity index (χ3n) is 5.75. The number of carbonyl (C=O) groups is 2. The maximum Gasteiger partial charge on any atom is 0.284 e. The third-order valence-corrected chi connectivity index (χ3v) is 6.03. The molecule has 1 aliphatic heterocycles. The number of imidazole rings is 1. The Hall–Kier alpha value is -3.56. The number of nitrogens with one attached hydrogen (secondary N) is 2. The van der Waals surface area contributed by atoms with E-state index in [-0.39, 0.29) is 35.8 Å². The van der Waals surface area contributed by atoms with Gasteiger partial charge in [0.05, 0.1) is 18.2 Å². The molecule has 0 spiro atoms. The number of hydrogen-bond donors (Lipinski definition) is 4. The van der Waals surface area contributed by atoms with Crippen molar-refractivity contribution >= 4 is 29.2 Å². The highest BCUT2D eigenvalue weighted by Crippen LogP contribution is 2.35. The standard InChI is InChI=1S/C25H29ClN6O3/c1-2-29-25(34)20-23(30-13-18(27)11-15-6-4-3-5-7-15)31-24(22(28)33)32(20)14-16-10-17-8-9-35-21(17)19(26)12-16/h3-7,10,12,18,30H,2,8-9,11,13-14,27H2,1H3,(H2,28,33)(H,29,34)/t18-/m1/s1. The number of fused-ring (bicyclic) bond motifs is 1. The van der Waals surface area contributed by atoms with E-state index in [4.69, 9.17) is 27.8 Å². The Morgan fingerprint density at radius 2 is 2.00 bits per heavy atom. The van der Waals surface area contributed by atoms with E-state index in [1.807, 2.05) is 43.3 Å². The number of halogens is 1. The zero-order valence-corrected chi connectivity index (χ0v) is 20.3. The molecule has 0 saturated heterocycles. The number of nitrogens with two attached hydrogens (primary N) is 2. The van der Waals surface area contributed by atoms with E-state index in [0.29, 0.717) is 36.9 Å². The first-order chi connectivity index (χ1) is 16.9. The van der Waals surface area contributed by atoms with E-state index in [1.54, 1.807) is 6.07 Å². The van der Waals surface area contributed by atoms with Gasteiger partial charge < -0.3 is 31.4 Å². The second kappa shape index (κ2) is 10.8. The van der Waals surface area contributed by atoms with Gasteiger partial charge in [-0.15, -0.1) is 0 Å². The number of anilines is 1. The van der Waals surface area contributed by atoms with Crippen LogP contribution in [0.5, 0.6) is 5.75 Å². The lowest BCUT2D eigenvalue weighted by Gasteiger charge is -2.15. The second-order valence-corrected chi connectivity index (χ2v) is 8.84. The molecule has 6 N–H and O–H groups in total. The summed E-state index contributed by atoms with van der Waals surface area (Å²) in [4.78, 5) is 29.7. The number of nitrogens with zero attached hydrogens (tertiary/aromatic N) is 2. The molecule has 2 amide bonds. The molecular weight excluding hydrogens is 468 g/mol. The Kier molecular flexibility index (Phi) is 7.57. The van der Waals surface area contributed by atoms with Crippen molar-refractivity contribution in [3.8, 4) is 5.75 Å². The van der Waals surface area contributed by atoms with E-state index in [0.717, 1.165) is 23.1 Å². The largest absolute Gasteiger partial charge is 0.491 e. The quantitative estimate of drug-likeness (QED) is 0.340. The van der Waals surface area contributed by atoms with E-state index in [9.17, 15) is 9.59 Å². The highest BCUT2D eigenvalue weighted by molar-refractivity contribution is 6.32. The predicted molar refractivity (Wildman–Crippen MR) is 135 cm³/mol. The van der Waals surface area contributed by atoms with Gasteiger partial charge in [0.15, 0.2) is 11.5 Å². The number of hydrogen-bond acceptors (Lipinski definition) is 6. The predicted octanol–water partition coefficient (Wildman–Crippen LogP) is 2.35. The Balaban J connectivity index is 1.64. The van der Waals surface area contributed by atoms with E-state index >= 15 is 0 Å². The number of aromatic nitrogens is 2. The van der Waals surface area contributed by atoms with Crippen LogP contribution in [0.2, 0.25) is 5.02 Å². The maximum absolute atomic E-state index is 13.1. The Morgan fingerprint density at radius 3 is 2.71 bits per heavy atom. The molecule has 10 heteroatoms. The first-order valence-electron chi connectivity index (χ1n) is 11.5. The van der Waals surface area contributed by atoms with E-state index in [1.165, 1.54) is 4.57 Å². The normalized spacial score (nSPS) is 13.1. The summed E-state index contributed by atoms with van der Waals surface area (Å²) >= 11 is 6.40. The number of amides is 2. The van der Waals surface area contributed by atoms with Crippen LogP contribution < -0.4 is 26.8 Å². The van der Waals surface area contributed by atoms with Crippen molar-refractivity contribution < 1.29 is 14.3 Å². The van der Waals surface area contributed by atoms with Crippen molar-refractivity contribution in [1.29, 1.82) is 0 Å². The molecule has 35 heavy (non-hydrogen) atoms. The summed E-state index contributed by atoms with van der Waals surface area (Å²) in [5, 5.41) is 6.43. The molecule has 1 aromatic heterocycles. The van der Waals surface area contributed by atoms with Crippen molar-refractivity contribution in [3.05, 3.63) is 75.7 Å². The molecule has 0 saturated carbocycles. The zero-order chi connectivity index (χ0) is 24.9. The van der Waals surface area contributed by atoms with Gasteiger partial charge in [-0.05, 0) is 36.1 Å². The molecule has 2 aromatic carbocycles. The van der Waals surface area contributed by atoms with Gasteiger partial charge in [-0.2, -0.15) is 0 Å². The molecule has 0 radical (unpaired) electrons. The average molecular weight is 497 g/mol. The number of ether oxygens (including phenoxy) is 1. The van der Waals surface area contributed by atoms with Crippen molar-refractivity contribution in [2.24, 2.45) is 11.5 Å². The topological polar surface area (TPSA) is 137 Å². The van der Waals surface area contributed by atoms with Crippen LogP contribution >= 0.6 is 11.6 Å². The first-order valence-corrected chi connectivity index (χ1v) is 11.9. The van der Waals surface area contributed by atoms with Gasteiger partial charge in [-0.1, -0.05) is 48.0 Å². The summed E-state index contributed by atoms with van der Waals surface area (Å²) in [5.41, 5.74) is 15.1. The summed E-state index contributed by atoms with van der Waals surface area (Å²) in [6, 6.07) is 13.4. The smallest absolute Gasteiger partial charge is 0.284 e. The van der Waals surface area contributed by atoms with Crippen molar-refractivity contribution in [1.82, 2.24) is 14.9 Å². The van der Waals surface area contributed by atoms with Crippen LogP contribution in [0.25, 0.3) is 0 Å². The van der Waals surface area contributed by atoms with Crippen LogP contribution in [0.4, 0.5) is 5.82 Å². The number of rotatable bonds is 10. The minimum absolute atomic E-state index is 0.0294.